The first-order valence-electron chi connectivity index (χ1n) is 6.07. The van der Waals surface area contributed by atoms with E-state index in [9.17, 15) is 9.59 Å². The van der Waals surface area contributed by atoms with Crippen LogP contribution in [0.2, 0.25) is 0 Å². The Morgan fingerprint density at radius 1 is 1.65 bits per heavy atom. The fraction of sp³-hybridized carbons (Fsp3) is 0.385. The molecule has 1 rings (SSSR count). The first-order chi connectivity index (χ1) is 9.49. The van der Waals surface area contributed by atoms with Crippen molar-refractivity contribution in [3.63, 3.8) is 0 Å². The molecule has 1 amide bonds. The van der Waals surface area contributed by atoms with Gasteiger partial charge in [0.25, 0.3) is 5.91 Å². The van der Waals surface area contributed by atoms with Crippen LogP contribution in [0.5, 0.6) is 0 Å². The molecule has 0 aliphatic heterocycles. The Labute approximate surface area is 125 Å². The standard InChI is InChI=1S/C13H17BrN2O4/c1-3-5-20-8-10(13(18)19)15-12(17)11-6-9(14)7-16(11)4-2/h3,6-7,10H,1,4-5,8H2,2H3,(H,15,17)(H,18,19). The quantitative estimate of drug-likeness (QED) is 0.555. The molecule has 1 aromatic rings. The second kappa shape index (κ2) is 7.86. The lowest BCUT2D eigenvalue weighted by molar-refractivity contribution is -0.140. The third-order valence-corrected chi connectivity index (χ3v) is 2.99. The highest BCUT2D eigenvalue weighted by Gasteiger charge is 2.22. The summed E-state index contributed by atoms with van der Waals surface area (Å²) in [5.41, 5.74) is 0.398. The second-order valence-corrected chi connectivity index (χ2v) is 4.94. The van der Waals surface area contributed by atoms with Crippen LogP contribution in [0.25, 0.3) is 0 Å². The maximum absolute atomic E-state index is 12.1. The second-order valence-electron chi connectivity index (χ2n) is 4.02. The summed E-state index contributed by atoms with van der Waals surface area (Å²) in [4.78, 5) is 23.2. The molecule has 0 radical (unpaired) electrons. The molecule has 0 saturated heterocycles. The summed E-state index contributed by atoms with van der Waals surface area (Å²) in [6.45, 7) is 6.09. The minimum absolute atomic E-state index is 0.110. The van der Waals surface area contributed by atoms with E-state index in [0.717, 1.165) is 4.47 Å². The van der Waals surface area contributed by atoms with E-state index >= 15 is 0 Å². The molecule has 0 saturated carbocycles. The van der Waals surface area contributed by atoms with Gasteiger partial charge < -0.3 is 19.7 Å². The smallest absolute Gasteiger partial charge is 0.328 e. The minimum Gasteiger partial charge on any atom is -0.480 e. The molecule has 0 aliphatic rings. The van der Waals surface area contributed by atoms with Gasteiger partial charge in [-0.05, 0) is 28.9 Å². The van der Waals surface area contributed by atoms with Gasteiger partial charge >= 0.3 is 5.97 Å². The molecule has 0 aliphatic carbocycles. The number of carboxylic acids is 1. The molecule has 110 valence electrons. The predicted octanol–water partition coefficient (Wildman–Crippen LogP) is 1.66. The van der Waals surface area contributed by atoms with E-state index in [0.29, 0.717) is 12.2 Å². The van der Waals surface area contributed by atoms with Crippen molar-refractivity contribution >= 4 is 27.8 Å². The number of halogens is 1. The monoisotopic (exact) mass is 344 g/mol. The lowest BCUT2D eigenvalue weighted by Gasteiger charge is -2.15. The van der Waals surface area contributed by atoms with Gasteiger partial charge in [-0.25, -0.2) is 4.79 Å². The Bertz CT molecular complexity index is 499. The van der Waals surface area contributed by atoms with Crippen molar-refractivity contribution in [1.29, 1.82) is 0 Å². The number of amides is 1. The van der Waals surface area contributed by atoms with E-state index in [2.05, 4.69) is 27.8 Å². The molecule has 7 heteroatoms. The third kappa shape index (κ3) is 4.50. The minimum atomic E-state index is -1.14. The number of nitrogens with zero attached hydrogens (tertiary/aromatic N) is 1. The number of nitrogens with one attached hydrogen (secondary N) is 1. The molecule has 1 aromatic heterocycles. The Balaban J connectivity index is 2.74. The van der Waals surface area contributed by atoms with E-state index in [1.807, 2.05) is 6.92 Å². The first-order valence-corrected chi connectivity index (χ1v) is 6.86. The highest BCUT2D eigenvalue weighted by molar-refractivity contribution is 9.10. The molecule has 6 nitrogen and oxygen atoms in total. The van der Waals surface area contributed by atoms with E-state index in [1.54, 1.807) is 16.8 Å². The molecule has 20 heavy (non-hydrogen) atoms. The van der Waals surface area contributed by atoms with Gasteiger partial charge in [-0.15, -0.1) is 6.58 Å². The lowest BCUT2D eigenvalue weighted by Crippen LogP contribution is -2.44. The number of hydrogen-bond donors (Lipinski definition) is 2. The molecule has 0 aromatic carbocycles. The van der Waals surface area contributed by atoms with Crippen LogP contribution in [0.4, 0.5) is 0 Å². The summed E-state index contributed by atoms with van der Waals surface area (Å²) in [5, 5.41) is 11.5. The molecule has 1 atom stereocenters. The highest BCUT2D eigenvalue weighted by atomic mass is 79.9. The number of aliphatic carboxylic acids is 1. The number of ether oxygens (including phenoxy) is 1. The summed E-state index contributed by atoms with van der Waals surface area (Å²) in [6, 6.07) is 0.545. The van der Waals surface area contributed by atoms with Crippen LogP contribution < -0.4 is 5.32 Å². The largest absolute Gasteiger partial charge is 0.480 e. The highest BCUT2D eigenvalue weighted by Crippen LogP contribution is 2.15. The van der Waals surface area contributed by atoms with Crippen LogP contribution in [0.3, 0.4) is 0 Å². The van der Waals surface area contributed by atoms with Crippen molar-refractivity contribution in [1.82, 2.24) is 9.88 Å². The number of aryl methyl sites for hydroxylation is 1. The van der Waals surface area contributed by atoms with Crippen LogP contribution in [0.15, 0.2) is 29.4 Å². The van der Waals surface area contributed by atoms with E-state index in [-0.39, 0.29) is 13.2 Å². The maximum atomic E-state index is 12.1. The molecular weight excluding hydrogens is 328 g/mol. The number of aromatic nitrogens is 1. The number of carbonyl (C=O) groups is 2. The van der Waals surface area contributed by atoms with Gasteiger partial charge in [0.05, 0.1) is 13.2 Å². The van der Waals surface area contributed by atoms with Crippen molar-refractivity contribution in [2.45, 2.75) is 19.5 Å². The number of carboxylic acid groups (broad SMARTS) is 1. The Hall–Kier alpha value is -1.60. The SMILES string of the molecule is C=CCOCC(NC(=O)c1cc(Br)cn1CC)C(=O)O. The van der Waals surface area contributed by atoms with Gasteiger partial charge in [0.1, 0.15) is 5.69 Å². The fourth-order valence-corrected chi connectivity index (χ4v) is 2.07. The molecule has 1 heterocycles. The van der Waals surface area contributed by atoms with Crippen molar-refractivity contribution in [3.8, 4) is 0 Å². The maximum Gasteiger partial charge on any atom is 0.328 e. The zero-order valence-electron chi connectivity index (χ0n) is 11.1. The Kier molecular flexibility index (Phi) is 6.47. The van der Waals surface area contributed by atoms with E-state index in [1.165, 1.54) is 6.08 Å². The average Bonchev–Trinajstić information content (AvgIpc) is 2.78. The van der Waals surface area contributed by atoms with Crippen molar-refractivity contribution < 1.29 is 19.4 Å². The molecule has 1 unspecified atom stereocenters. The number of carbonyl (C=O) groups excluding carboxylic acids is 1. The molecule has 0 spiro atoms. The predicted molar refractivity (Wildman–Crippen MR) is 77.7 cm³/mol. The average molecular weight is 345 g/mol. The molecule has 2 N–H and O–H groups in total. The van der Waals surface area contributed by atoms with E-state index in [4.69, 9.17) is 9.84 Å². The van der Waals surface area contributed by atoms with Crippen LogP contribution >= 0.6 is 15.9 Å². The molecule has 0 fully saturated rings. The summed E-state index contributed by atoms with van der Waals surface area (Å²) >= 11 is 3.29. The topological polar surface area (TPSA) is 80.6 Å². The van der Waals surface area contributed by atoms with Gasteiger partial charge in [0.15, 0.2) is 6.04 Å². The zero-order valence-corrected chi connectivity index (χ0v) is 12.7. The van der Waals surface area contributed by atoms with Crippen LogP contribution in [0, 0.1) is 0 Å². The van der Waals surface area contributed by atoms with Crippen LogP contribution in [-0.2, 0) is 16.1 Å². The summed E-state index contributed by atoms with van der Waals surface area (Å²) in [7, 11) is 0. The zero-order chi connectivity index (χ0) is 15.1. The normalized spacial score (nSPS) is 11.9. The fourth-order valence-electron chi connectivity index (χ4n) is 1.60. The van der Waals surface area contributed by atoms with Crippen LogP contribution in [0.1, 0.15) is 17.4 Å². The Morgan fingerprint density at radius 3 is 2.90 bits per heavy atom. The van der Waals surface area contributed by atoms with Crippen molar-refractivity contribution in [2.24, 2.45) is 0 Å². The van der Waals surface area contributed by atoms with Crippen molar-refractivity contribution in [3.05, 3.63) is 35.1 Å². The Morgan fingerprint density at radius 2 is 2.35 bits per heavy atom. The molecule has 0 bridgehead atoms. The van der Waals surface area contributed by atoms with E-state index < -0.39 is 17.9 Å². The number of rotatable bonds is 8. The van der Waals surface area contributed by atoms with Crippen molar-refractivity contribution in [2.75, 3.05) is 13.2 Å². The summed E-state index contributed by atoms with van der Waals surface area (Å²) < 4.78 is 7.56. The van der Waals surface area contributed by atoms with Gasteiger partial charge in [0.2, 0.25) is 0 Å². The van der Waals surface area contributed by atoms with Gasteiger partial charge in [0, 0.05) is 17.2 Å². The first kappa shape index (κ1) is 16.5. The molecular formula is C13H17BrN2O4. The van der Waals surface area contributed by atoms with Gasteiger partial charge in [-0.1, -0.05) is 6.08 Å². The third-order valence-electron chi connectivity index (χ3n) is 2.56. The number of hydrogen-bond acceptors (Lipinski definition) is 3. The summed E-state index contributed by atoms with van der Waals surface area (Å²) in [6.07, 6.45) is 3.28. The van der Waals surface area contributed by atoms with Gasteiger partial charge in [-0.3, -0.25) is 4.79 Å². The van der Waals surface area contributed by atoms with Gasteiger partial charge in [-0.2, -0.15) is 0 Å². The summed E-state index contributed by atoms with van der Waals surface area (Å²) in [5.74, 6) is -1.59. The lowest BCUT2D eigenvalue weighted by atomic mass is 10.3. The van der Waals surface area contributed by atoms with Crippen LogP contribution in [-0.4, -0.2) is 40.8 Å².